The summed E-state index contributed by atoms with van der Waals surface area (Å²) in [5.41, 5.74) is 4.39. The number of alkyl halides is 2. The number of nitrogens with one attached hydrogen (secondary N) is 1. The lowest BCUT2D eigenvalue weighted by atomic mass is 10.1. The van der Waals surface area contributed by atoms with Crippen molar-refractivity contribution in [1.29, 1.82) is 0 Å². The maximum Gasteiger partial charge on any atom is 0.333 e. The molecule has 1 N–H and O–H groups in total. The highest BCUT2D eigenvalue weighted by Gasteiger charge is 2.23. The summed E-state index contributed by atoms with van der Waals surface area (Å²) < 4.78 is 26.0. The number of nitrogens with zero attached hydrogens (tertiary/aromatic N) is 3. The van der Waals surface area contributed by atoms with Crippen molar-refractivity contribution < 1.29 is 13.6 Å². The highest BCUT2D eigenvalue weighted by atomic mass is 19.3. The molecule has 0 spiro atoms. The molecule has 1 aromatic heterocycles. The van der Waals surface area contributed by atoms with E-state index in [0.29, 0.717) is 28.2 Å². The van der Waals surface area contributed by atoms with E-state index in [1.807, 2.05) is 0 Å². The van der Waals surface area contributed by atoms with E-state index >= 15 is 0 Å². The number of halogens is 2. The third kappa shape index (κ3) is 2.35. The quantitative estimate of drug-likeness (QED) is 0.885. The fourth-order valence-electron chi connectivity index (χ4n) is 2.13. The van der Waals surface area contributed by atoms with Crippen LogP contribution in [0.1, 0.15) is 29.9 Å². The molecule has 2 rings (SSSR count). The summed E-state index contributed by atoms with van der Waals surface area (Å²) in [5, 5.41) is 5.31. The zero-order valence-electron chi connectivity index (χ0n) is 10.4. The molecule has 0 aliphatic carbocycles. The van der Waals surface area contributed by atoms with Gasteiger partial charge in [0.25, 0.3) is 0 Å². The number of aromatic nitrogens is 2. The van der Waals surface area contributed by atoms with E-state index in [1.165, 1.54) is 0 Å². The first kappa shape index (κ1) is 12.9. The highest BCUT2D eigenvalue weighted by Crippen LogP contribution is 2.20. The van der Waals surface area contributed by atoms with Crippen LogP contribution in [0.5, 0.6) is 0 Å². The molecule has 2 heterocycles. The number of hydrazine groups is 1. The minimum Gasteiger partial charge on any atom is -0.278 e. The molecular weight excluding hydrogens is 242 g/mol. The van der Waals surface area contributed by atoms with Crippen molar-refractivity contribution in [2.24, 2.45) is 0 Å². The molecule has 0 bridgehead atoms. The molecule has 1 saturated heterocycles. The van der Waals surface area contributed by atoms with Gasteiger partial charge in [-0.15, -0.1) is 0 Å². The van der Waals surface area contributed by atoms with Gasteiger partial charge in [-0.1, -0.05) is 0 Å². The molecule has 100 valence electrons. The Balaban J connectivity index is 2.16. The lowest BCUT2D eigenvalue weighted by Gasteiger charge is -2.15. The van der Waals surface area contributed by atoms with E-state index in [4.69, 9.17) is 0 Å². The van der Waals surface area contributed by atoms with Gasteiger partial charge in [0, 0.05) is 24.3 Å². The second kappa shape index (κ2) is 5.01. The van der Waals surface area contributed by atoms with Crippen molar-refractivity contribution >= 4 is 5.91 Å². The molecule has 0 saturated carbocycles. The van der Waals surface area contributed by atoms with Gasteiger partial charge in [-0.05, 0) is 20.3 Å². The van der Waals surface area contributed by atoms with Crippen molar-refractivity contribution in [2.45, 2.75) is 33.2 Å². The van der Waals surface area contributed by atoms with Gasteiger partial charge in [-0.25, -0.2) is 10.1 Å². The Morgan fingerprint density at radius 2 is 2.22 bits per heavy atom. The van der Waals surface area contributed by atoms with Crippen molar-refractivity contribution in [1.82, 2.24) is 20.2 Å². The van der Waals surface area contributed by atoms with E-state index in [9.17, 15) is 13.6 Å². The Bertz CT molecular complexity index is 452. The summed E-state index contributed by atoms with van der Waals surface area (Å²) in [4.78, 5) is 11.9. The van der Waals surface area contributed by atoms with E-state index < -0.39 is 6.55 Å². The van der Waals surface area contributed by atoms with Gasteiger partial charge in [-0.3, -0.25) is 9.80 Å². The number of rotatable bonds is 3. The number of hydrogen-bond acceptors (Lipinski definition) is 3. The zero-order valence-corrected chi connectivity index (χ0v) is 10.4. The second-order valence-electron chi connectivity index (χ2n) is 4.36. The van der Waals surface area contributed by atoms with E-state index in [-0.39, 0.29) is 12.3 Å². The lowest BCUT2D eigenvalue weighted by molar-refractivity contribution is -0.131. The molecular formula is C11H16F2N4O. The molecule has 1 aliphatic heterocycles. The second-order valence-corrected chi connectivity index (χ2v) is 4.36. The van der Waals surface area contributed by atoms with Crippen LogP contribution < -0.4 is 5.43 Å². The molecule has 7 heteroatoms. The number of carbonyl (C=O) groups is 1. The first-order valence-corrected chi connectivity index (χ1v) is 5.87. The lowest BCUT2D eigenvalue weighted by Crippen LogP contribution is -2.38. The molecule has 1 aliphatic rings. The van der Waals surface area contributed by atoms with Gasteiger partial charge in [-0.2, -0.15) is 13.9 Å². The van der Waals surface area contributed by atoms with Gasteiger partial charge in [0.05, 0.1) is 12.1 Å². The first-order chi connectivity index (χ1) is 8.50. The Kier molecular flexibility index (Phi) is 3.60. The molecule has 5 nitrogen and oxygen atoms in total. The third-order valence-electron chi connectivity index (χ3n) is 3.15. The fraction of sp³-hybridized carbons (Fsp3) is 0.636. The topological polar surface area (TPSA) is 50.2 Å². The molecule has 1 aromatic rings. The standard InChI is InChI=1S/C11H16F2N4O/c1-7-9(8(2)17(15-7)11(12)13)6-10(18)16-5-3-4-14-16/h11,14H,3-6H2,1-2H3. The van der Waals surface area contributed by atoms with Crippen molar-refractivity contribution in [2.75, 3.05) is 13.1 Å². The van der Waals surface area contributed by atoms with Crippen molar-refractivity contribution in [3.63, 3.8) is 0 Å². The molecule has 0 aromatic carbocycles. The first-order valence-electron chi connectivity index (χ1n) is 5.87. The summed E-state index contributed by atoms with van der Waals surface area (Å²) in [6.45, 7) is 1.98. The fourth-order valence-corrected chi connectivity index (χ4v) is 2.13. The Hall–Kier alpha value is -1.50. The Morgan fingerprint density at radius 3 is 2.72 bits per heavy atom. The van der Waals surface area contributed by atoms with Crippen LogP contribution in [0, 0.1) is 13.8 Å². The maximum absolute atomic E-state index is 12.7. The predicted molar refractivity (Wildman–Crippen MR) is 61.0 cm³/mol. The van der Waals surface area contributed by atoms with Gasteiger partial charge in [0.1, 0.15) is 0 Å². The maximum atomic E-state index is 12.7. The summed E-state index contributed by atoms with van der Waals surface area (Å²) >= 11 is 0. The van der Waals surface area contributed by atoms with Crippen LogP contribution in [0.15, 0.2) is 0 Å². The normalized spacial score (nSPS) is 15.7. The van der Waals surface area contributed by atoms with Crippen molar-refractivity contribution in [3.05, 3.63) is 17.0 Å². The number of aryl methyl sites for hydroxylation is 1. The van der Waals surface area contributed by atoms with Crippen molar-refractivity contribution in [3.8, 4) is 0 Å². The molecule has 1 fully saturated rings. The van der Waals surface area contributed by atoms with E-state index in [2.05, 4.69) is 10.5 Å². The van der Waals surface area contributed by atoms with Crippen LogP contribution in [0.2, 0.25) is 0 Å². The molecule has 0 unspecified atom stereocenters. The van der Waals surface area contributed by atoms with E-state index in [1.54, 1.807) is 18.9 Å². The van der Waals surface area contributed by atoms with Gasteiger partial charge in [0.2, 0.25) is 5.91 Å². The van der Waals surface area contributed by atoms with Crippen LogP contribution in [0.4, 0.5) is 8.78 Å². The van der Waals surface area contributed by atoms with Crippen LogP contribution in [0.3, 0.4) is 0 Å². The van der Waals surface area contributed by atoms with Crippen LogP contribution in [-0.4, -0.2) is 33.8 Å². The number of carbonyl (C=O) groups excluding carboxylic acids is 1. The van der Waals surface area contributed by atoms with Crippen LogP contribution >= 0.6 is 0 Å². The van der Waals surface area contributed by atoms with Gasteiger partial charge in [0.15, 0.2) is 0 Å². The Morgan fingerprint density at radius 1 is 1.50 bits per heavy atom. The SMILES string of the molecule is Cc1nn(C(F)F)c(C)c1CC(=O)N1CCCN1. The van der Waals surface area contributed by atoms with Crippen LogP contribution in [0.25, 0.3) is 0 Å². The summed E-state index contributed by atoms with van der Waals surface area (Å²) in [6, 6.07) is 0. The average molecular weight is 258 g/mol. The largest absolute Gasteiger partial charge is 0.333 e. The Labute approximate surface area is 104 Å². The molecule has 0 atom stereocenters. The predicted octanol–water partition coefficient (Wildman–Crippen LogP) is 1.17. The summed E-state index contributed by atoms with van der Waals surface area (Å²) in [7, 11) is 0. The van der Waals surface area contributed by atoms with Gasteiger partial charge < -0.3 is 0 Å². The summed E-state index contributed by atoms with van der Waals surface area (Å²) in [6.07, 6.45) is 1.03. The molecule has 18 heavy (non-hydrogen) atoms. The minimum atomic E-state index is -2.67. The average Bonchev–Trinajstić information content (AvgIpc) is 2.92. The monoisotopic (exact) mass is 258 g/mol. The molecule has 0 radical (unpaired) electrons. The van der Waals surface area contributed by atoms with Crippen LogP contribution in [-0.2, 0) is 11.2 Å². The smallest absolute Gasteiger partial charge is 0.278 e. The highest BCUT2D eigenvalue weighted by molar-refractivity contribution is 5.79. The van der Waals surface area contributed by atoms with Gasteiger partial charge >= 0.3 is 6.55 Å². The number of amides is 1. The van der Waals surface area contributed by atoms with E-state index in [0.717, 1.165) is 13.0 Å². The third-order valence-corrected chi connectivity index (χ3v) is 3.15. The summed E-state index contributed by atoms with van der Waals surface area (Å²) in [5.74, 6) is -0.104. The number of hydrogen-bond donors (Lipinski definition) is 1. The minimum absolute atomic E-state index is 0.104. The molecule has 1 amide bonds. The zero-order chi connectivity index (χ0) is 13.3.